The molecule has 0 spiro atoms. The van der Waals surface area contributed by atoms with E-state index in [0.29, 0.717) is 6.54 Å². The summed E-state index contributed by atoms with van der Waals surface area (Å²) >= 11 is 0. The van der Waals surface area contributed by atoms with E-state index >= 15 is 0 Å². The molecule has 3 nitrogen and oxygen atoms in total. The van der Waals surface area contributed by atoms with E-state index in [9.17, 15) is 0 Å². The van der Waals surface area contributed by atoms with Gasteiger partial charge in [-0.3, -0.25) is 0 Å². The summed E-state index contributed by atoms with van der Waals surface area (Å²) in [4.78, 5) is 0. The zero-order valence-electron chi connectivity index (χ0n) is 12.3. The molecule has 1 N–H and O–H groups in total. The SMILES string of the molecule is CCc1ccc(NCc2cc(OC)ccc2OC)cc1. The number of ether oxygens (including phenoxy) is 2. The third kappa shape index (κ3) is 3.44. The van der Waals surface area contributed by atoms with E-state index in [1.54, 1.807) is 14.2 Å². The van der Waals surface area contributed by atoms with Crippen LogP contribution in [0.5, 0.6) is 11.5 Å². The number of methoxy groups -OCH3 is 2. The van der Waals surface area contributed by atoms with E-state index in [4.69, 9.17) is 9.47 Å². The lowest BCUT2D eigenvalue weighted by Crippen LogP contribution is -2.02. The number of hydrogen-bond acceptors (Lipinski definition) is 3. The lowest BCUT2D eigenvalue weighted by Gasteiger charge is -2.12. The fraction of sp³-hybridized carbons (Fsp3) is 0.294. The van der Waals surface area contributed by atoms with Crippen molar-refractivity contribution in [2.45, 2.75) is 19.9 Å². The maximum Gasteiger partial charge on any atom is 0.124 e. The van der Waals surface area contributed by atoms with Crippen LogP contribution in [0.2, 0.25) is 0 Å². The van der Waals surface area contributed by atoms with Crippen molar-refractivity contribution in [1.82, 2.24) is 0 Å². The molecule has 0 atom stereocenters. The van der Waals surface area contributed by atoms with Crippen LogP contribution in [0.25, 0.3) is 0 Å². The highest BCUT2D eigenvalue weighted by molar-refractivity contribution is 5.47. The molecule has 0 unspecified atom stereocenters. The van der Waals surface area contributed by atoms with Crippen molar-refractivity contribution in [2.24, 2.45) is 0 Å². The Morgan fingerprint density at radius 3 is 2.30 bits per heavy atom. The highest BCUT2D eigenvalue weighted by Crippen LogP contribution is 2.24. The molecule has 2 aromatic rings. The van der Waals surface area contributed by atoms with E-state index in [1.165, 1.54) is 5.56 Å². The molecule has 3 heteroatoms. The Morgan fingerprint density at radius 2 is 1.70 bits per heavy atom. The second-order valence-electron chi connectivity index (χ2n) is 4.58. The number of aryl methyl sites for hydroxylation is 1. The number of rotatable bonds is 6. The van der Waals surface area contributed by atoms with Crippen LogP contribution < -0.4 is 14.8 Å². The van der Waals surface area contributed by atoms with Crippen molar-refractivity contribution < 1.29 is 9.47 Å². The van der Waals surface area contributed by atoms with Crippen molar-refractivity contribution >= 4 is 5.69 Å². The van der Waals surface area contributed by atoms with Gasteiger partial charge in [-0.05, 0) is 42.3 Å². The van der Waals surface area contributed by atoms with Gasteiger partial charge in [-0.2, -0.15) is 0 Å². The third-order valence-corrected chi connectivity index (χ3v) is 3.33. The number of benzene rings is 2. The first-order valence-corrected chi connectivity index (χ1v) is 6.80. The van der Waals surface area contributed by atoms with Gasteiger partial charge in [0.2, 0.25) is 0 Å². The number of anilines is 1. The third-order valence-electron chi connectivity index (χ3n) is 3.33. The molecule has 106 valence electrons. The van der Waals surface area contributed by atoms with Gasteiger partial charge in [-0.1, -0.05) is 19.1 Å². The Bertz CT molecular complexity index is 549. The van der Waals surface area contributed by atoms with Crippen LogP contribution in [-0.4, -0.2) is 14.2 Å². The Kier molecular flexibility index (Phi) is 4.88. The van der Waals surface area contributed by atoms with Crippen molar-refractivity contribution in [3.8, 4) is 11.5 Å². The summed E-state index contributed by atoms with van der Waals surface area (Å²) in [5, 5.41) is 3.40. The summed E-state index contributed by atoms with van der Waals surface area (Å²) < 4.78 is 10.6. The maximum atomic E-state index is 5.37. The van der Waals surface area contributed by atoms with Crippen molar-refractivity contribution in [1.29, 1.82) is 0 Å². The zero-order valence-corrected chi connectivity index (χ0v) is 12.3. The van der Waals surface area contributed by atoms with Crippen LogP contribution in [0.3, 0.4) is 0 Å². The molecule has 0 heterocycles. The van der Waals surface area contributed by atoms with Crippen LogP contribution >= 0.6 is 0 Å². The van der Waals surface area contributed by atoms with E-state index in [1.807, 2.05) is 18.2 Å². The quantitative estimate of drug-likeness (QED) is 0.865. The smallest absolute Gasteiger partial charge is 0.124 e. The molecule has 0 radical (unpaired) electrons. The van der Waals surface area contributed by atoms with Crippen LogP contribution in [0.1, 0.15) is 18.1 Å². The molecule has 0 fully saturated rings. The van der Waals surface area contributed by atoms with E-state index < -0.39 is 0 Å². The Balaban J connectivity index is 2.08. The molecule has 0 amide bonds. The van der Waals surface area contributed by atoms with Gasteiger partial charge >= 0.3 is 0 Å². The Labute approximate surface area is 120 Å². The summed E-state index contributed by atoms with van der Waals surface area (Å²) in [6.07, 6.45) is 1.06. The van der Waals surface area contributed by atoms with Gasteiger partial charge in [0.25, 0.3) is 0 Å². The largest absolute Gasteiger partial charge is 0.497 e. The molecule has 2 rings (SSSR count). The first-order valence-electron chi connectivity index (χ1n) is 6.80. The minimum Gasteiger partial charge on any atom is -0.497 e. The lowest BCUT2D eigenvalue weighted by molar-refractivity contribution is 0.399. The molecule has 2 aromatic carbocycles. The summed E-state index contributed by atoms with van der Waals surface area (Å²) in [7, 11) is 3.35. The molecule has 0 saturated carbocycles. The standard InChI is InChI=1S/C17H21NO2/c1-4-13-5-7-15(8-6-13)18-12-14-11-16(19-2)9-10-17(14)20-3/h5-11,18H,4,12H2,1-3H3. The average molecular weight is 271 g/mol. The minimum absolute atomic E-state index is 0.700. The van der Waals surface area contributed by atoms with Crippen LogP contribution in [0.4, 0.5) is 5.69 Å². The summed E-state index contributed by atoms with van der Waals surface area (Å²) in [5.74, 6) is 1.70. The topological polar surface area (TPSA) is 30.5 Å². The molecule has 0 bridgehead atoms. The summed E-state index contributed by atoms with van der Waals surface area (Å²) in [6, 6.07) is 14.3. The predicted octanol–water partition coefficient (Wildman–Crippen LogP) is 3.88. The second-order valence-corrected chi connectivity index (χ2v) is 4.58. The normalized spacial score (nSPS) is 10.2. The molecular formula is C17H21NO2. The van der Waals surface area contributed by atoms with Crippen molar-refractivity contribution in [3.05, 3.63) is 53.6 Å². The van der Waals surface area contributed by atoms with Crippen LogP contribution in [-0.2, 0) is 13.0 Å². The predicted molar refractivity (Wildman–Crippen MR) is 82.7 cm³/mol. The van der Waals surface area contributed by atoms with Gasteiger partial charge in [0.15, 0.2) is 0 Å². The molecule has 20 heavy (non-hydrogen) atoms. The maximum absolute atomic E-state index is 5.37. The van der Waals surface area contributed by atoms with Crippen molar-refractivity contribution in [2.75, 3.05) is 19.5 Å². The highest BCUT2D eigenvalue weighted by Gasteiger charge is 2.05. The van der Waals surface area contributed by atoms with Gasteiger partial charge < -0.3 is 14.8 Å². The monoisotopic (exact) mass is 271 g/mol. The lowest BCUT2D eigenvalue weighted by atomic mass is 10.1. The van der Waals surface area contributed by atoms with E-state index in [0.717, 1.165) is 29.2 Å². The Hall–Kier alpha value is -2.16. The number of nitrogens with one attached hydrogen (secondary N) is 1. The number of hydrogen-bond donors (Lipinski definition) is 1. The minimum atomic E-state index is 0.700. The zero-order chi connectivity index (χ0) is 14.4. The highest BCUT2D eigenvalue weighted by atomic mass is 16.5. The van der Waals surface area contributed by atoms with Crippen molar-refractivity contribution in [3.63, 3.8) is 0 Å². The fourth-order valence-electron chi connectivity index (χ4n) is 2.08. The molecule has 0 aliphatic carbocycles. The van der Waals surface area contributed by atoms with Gasteiger partial charge in [0, 0.05) is 17.8 Å². The first kappa shape index (κ1) is 14.3. The molecule has 0 aliphatic heterocycles. The van der Waals surface area contributed by atoms with E-state index in [-0.39, 0.29) is 0 Å². The van der Waals surface area contributed by atoms with Gasteiger partial charge in [0.05, 0.1) is 14.2 Å². The molecule has 0 aromatic heterocycles. The molecule has 0 saturated heterocycles. The van der Waals surface area contributed by atoms with Crippen LogP contribution in [0.15, 0.2) is 42.5 Å². The summed E-state index contributed by atoms with van der Waals surface area (Å²) in [5.41, 5.74) is 3.52. The van der Waals surface area contributed by atoms with E-state index in [2.05, 4.69) is 36.5 Å². The fourth-order valence-corrected chi connectivity index (χ4v) is 2.08. The van der Waals surface area contributed by atoms with Crippen LogP contribution in [0, 0.1) is 0 Å². The molecular weight excluding hydrogens is 250 g/mol. The van der Waals surface area contributed by atoms with Gasteiger partial charge in [-0.15, -0.1) is 0 Å². The second kappa shape index (κ2) is 6.85. The molecule has 0 aliphatic rings. The first-order chi connectivity index (χ1) is 9.76. The average Bonchev–Trinajstić information content (AvgIpc) is 2.53. The summed E-state index contributed by atoms with van der Waals surface area (Å²) in [6.45, 7) is 2.86. The Morgan fingerprint density at radius 1 is 0.950 bits per heavy atom. The van der Waals surface area contributed by atoms with Gasteiger partial charge in [0.1, 0.15) is 11.5 Å². The van der Waals surface area contributed by atoms with Gasteiger partial charge in [-0.25, -0.2) is 0 Å².